The summed E-state index contributed by atoms with van der Waals surface area (Å²) in [6.45, 7) is 0.614. The van der Waals surface area contributed by atoms with Crippen LogP contribution in [0.25, 0.3) is 0 Å². The average Bonchev–Trinajstić information content (AvgIpc) is 1.88. The van der Waals surface area contributed by atoms with E-state index in [2.05, 4.69) is 5.32 Å². The van der Waals surface area contributed by atoms with Gasteiger partial charge in [0, 0.05) is 6.54 Å². The summed E-state index contributed by atoms with van der Waals surface area (Å²) in [5, 5.41) is 10.9. The summed E-state index contributed by atoms with van der Waals surface area (Å²) in [6.07, 6.45) is 1.24. The Bertz CT molecular complexity index is 166. The molecule has 1 aliphatic rings. The molecule has 1 atom stereocenters. The molecule has 2 N–H and O–H groups in total. The van der Waals surface area contributed by atoms with Crippen LogP contribution in [0.3, 0.4) is 0 Å². The van der Waals surface area contributed by atoms with Crippen molar-refractivity contribution in [2.45, 2.75) is 12.8 Å². The van der Waals surface area contributed by atoms with Gasteiger partial charge >= 0.3 is 5.97 Å². The SMILES string of the molecule is O=C(O)[C@@H]1CCCNC1=O. The first-order valence-corrected chi connectivity index (χ1v) is 3.22. The van der Waals surface area contributed by atoms with Crippen molar-refractivity contribution in [1.82, 2.24) is 5.32 Å². The number of carboxylic acids is 1. The minimum absolute atomic E-state index is 0.348. The van der Waals surface area contributed by atoms with Crippen molar-refractivity contribution in [2.24, 2.45) is 5.92 Å². The summed E-state index contributed by atoms with van der Waals surface area (Å²) in [4.78, 5) is 21.0. The van der Waals surface area contributed by atoms with Gasteiger partial charge in [-0.25, -0.2) is 0 Å². The molecule has 1 heterocycles. The van der Waals surface area contributed by atoms with Gasteiger partial charge in [0.15, 0.2) is 0 Å². The van der Waals surface area contributed by atoms with Crippen molar-refractivity contribution in [1.29, 1.82) is 0 Å². The van der Waals surface area contributed by atoms with Crippen LogP contribution in [0.4, 0.5) is 0 Å². The number of carboxylic acid groups (broad SMARTS) is 1. The van der Waals surface area contributed by atoms with E-state index in [1.165, 1.54) is 0 Å². The first-order chi connectivity index (χ1) is 4.72. The van der Waals surface area contributed by atoms with E-state index in [4.69, 9.17) is 5.11 Å². The zero-order valence-corrected chi connectivity index (χ0v) is 5.46. The second-order valence-corrected chi connectivity index (χ2v) is 2.32. The number of rotatable bonds is 1. The number of carbonyl (C=O) groups excluding carboxylic acids is 1. The van der Waals surface area contributed by atoms with Gasteiger partial charge in [-0.3, -0.25) is 9.59 Å². The van der Waals surface area contributed by atoms with Gasteiger partial charge in [-0.2, -0.15) is 0 Å². The van der Waals surface area contributed by atoms with Crippen LogP contribution < -0.4 is 5.32 Å². The Hall–Kier alpha value is -1.06. The first kappa shape index (κ1) is 7.05. The highest BCUT2D eigenvalue weighted by molar-refractivity contribution is 5.97. The van der Waals surface area contributed by atoms with E-state index in [1.807, 2.05) is 0 Å². The second-order valence-electron chi connectivity index (χ2n) is 2.32. The van der Waals surface area contributed by atoms with Gasteiger partial charge < -0.3 is 10.4 Å². The van der Waals surface area contributed by atoms with Crippen molar-refractivity contribution < 1.29 is 14.7 Å². The third-order valence-electron chi connectivity index (χ3n) is 1.58. The van der Waals surface area contributed by atoms with Gasteiger partial charge in [0.25, 0.3) is 0 Å². The predicted molar refractivity (Wildman–Crippen MR) is 33.4 cm³/mol. The molecule has 1 fully saturated rings. The third kappa shape index (κ3) is 1.26. The van der Waals surface area contributed by atoms with Gasteiger partial charge in [0.1, 0.15) is 5.92 Å². The Balaban J connectivity index is 2.56. The molecule has 1 rings (SSSR count). The Morgan fingerprint density at radius 1 is 1.70 bits per heavy atom. The fourth-order valence-electron chi connectivity index (χ4n) is 1.01. The first-order valence-electron chi connectivity index (χ1n) is 3.22. The number of amides is 1. The molecule has 4 heteroatoms. The molecule has 1 saturated heterocycles. The minimum atomic E-state index is -1.02. The molecule has 0 radical (unpaired) electrons. The fraction of sp³-hybridized carbons (Fsp3) is 0.667. The highest BCUT2D eigenvalue weighted by Gasteiger charge is 2.28. The lowest BCUT2D eigenvalue weighted by Gasteiger charge is -2.17. The highest BCUT2D eigenvalue weighted by Crippen LogP contribution is 2.10. The number of hydrogen-bond donors (Lipinski definition) is 2. The van der Waals surface area contributed by atoms with E-state index in [0.717, 1.165) is 6.42 Å². The van der Waals surface area contributed by atoms with Gasteiger partial charge in [0.2, 0.25) is 5.91 Å². The Morgan fingerprint density at radius 3 is 2.80 bits per heavy atom. The summed E-state index contributed by atoms with van der Waals surface area (Å²) >= 11 is 0. The van der Waals surface area contributed by atoms with Gasteiger partial charge in [0.05, 0.1) is 0 Å². The summed E-state index contributed by atoms with van der Waals surface area (Å²) in [5.74, 6) is -2.18. The number of hydrogen-bond acceptors (Lipinski definition) is 2. The van der Waals surface area contributed by atoms with Crippen LogP contribution in [0.15, 0.2) is 0 Å². The Morgan fingerprint density at radius 2 is 2.40 bits per heavy atom. The van der Waals surface area contributed by atoms with Gasteiger partial charge in [-0.05, 0) is 12.8 Å². The minimum Gasteiger partial charge on any atom is -0.481 e. The maximum absolute atomic E-state index is 10.7. The van der Waals surface area contributed by atoms with Gasteiger partial charge in [-0.1, -0.05) is 0 Å². The lowest BCUT2D eigenvalue weighted by atomic mass is 9.99. The highest BCUT2D eigenvalue weighted by atomic mass is 16.4. The largest absolute Gasteiger partial charge is 0.481 e. The van der Waals surface area contributed by atoms with Crippen molar-refractivity contribution in [3.05, 3.63) is 0 Å². The summed E-state index contributed by atoms with van der Waals surface area (Å²) < 4.78 is 0. The maximum atomic E-state index is 10.7. The van der Waals surface area contributed by atoms with Crippen LogP contribution in [0, 0.1) is 5.92 Å². The van der Waals surface area contributed by atoms with Crippen molar-refractivity contribution in [3.63, 3.8) is 0 Å². The smallest absolute Gasteiger partial charge is 0.316 e. The summed E-state index contributed by atoms with van der Waals surface area (Å²) in [6, 6.07) is 0. The van der Waals surface area contributed by atoms with E-state index in [-0.39, 0.29) is 5.91 Å². The standard InChI is InChI=1S/C6H9NO3/c8-5-4(6(9)10)2-1-3-7-5/h4H,1-3H2,(H,7,8)(H,9,10)/t4-/m1/s1. The van der Waals surface area contributed by atoms with E-state index in [1.54, 1.807) is 0 Å². The molecular weight excluding hydrogens is 134 g/mol. The van der Waals surface area contributed by atoms with Crippen LogP contribution in [0.2, 0.25) is 0 Å². The molecule has 0 spiro atoms. The van der Waals surface area contributed by atoms with Crippen molar-refractivity contribution >= 4 is 11.9 Å². The van der Waals surface area contributed by atoms with Crippen LogP contribution >= 0.6 is 0 Å². The van der Waals surface area contributed by atoms with E-state index < -0.39 is 11.9 Å². The monoisotopic (exact) mass is 143 g/mol. The Labute approximate surface area is 58.2 Å². The molecular formula is C6H9NO3. The van der Waals surface area contributed by atoms with Crippen LogP contribution in [-0.2, 0) is 9.59 Å². The van der Waals surface area contributed by atoms with Crippen LogP contribution in [-0.4, -0.2) is 23.5 Å². The molecule has 0 unspecified atom stereocenters. The molecule has 0 saturated carbocycles. The zero-order chi connectivity index (χ0) is 7.56. The molecule has 0 aromatic heterocycles. The average molecular weight is 143 g/mol. The van der Waals surface area contributed by atoms with Crippen LogP contribution in [0.1, 0.15) is 12.8 Å². The third-order valence-corrected chi connectivity index (χ3v) is 1.58. The fourth-order valence-corrected chi connectivity index (χ4v) is 1.01. The predicted octanol–water partition coefficient (Wildman–Crippen LogP) is -0.403. The number of piperidine rings is 1. The molecule has 56 valence electrons. The molecule has 1 aliphatic heterocycles. The summed E-state index contributed by atoms with van der Waals surface area (Å²) in [7, 11) is 0. The number of carbonyl (C=O) groups is 2. The molecule has 10 heavy (non-hydrogen) atoms. The van der Waals surface area contributed by atoms with E-state index >= 15 is 0 Å². The van der Waals surface area contributed by atoms with E-state index in [9.17, 15) is 9.59 Å². The maximum Gasteiger partial charge on any atom is 0.316 e. The van der Waals surface area contributed by atoms with Crippen LogP contribution in [0.5, 0.6) is 0 Å². The van der Waals surface area contributed by atoms with Crippen molar-refractivity contribution in [3.8, 4) is 0 Å². The zero-order valence-electron chi connectivity index (χ0n) is 5.46. The molecule has 1 amide bonds. The molecule has 0 aliphatic carbocycles. The lowest BCUT2D eigenvalue weighted by molar-refractivity contribution is -0.148. The number of aliphatic carboxylic acids is 1. The van der Waals surface area contributed by atoms with Gasteiger partial charge in [-0.15, -0.1) is 0 Å². The quantitative estimate of drug-likeness (QED) is 0.491. The normalized spacial score (nSPS) is 25.6. The second kappa shape index (κ2) is 2.68. The topological polar surface area (TPSA) is 66.4 Å². The Kier molecular flexibility index (Phi) is 1.89. The number of nitrogens with one attached hydrogen (secondary N) is 1. The molecule has 4 nitrogen and oxygen atoms in total. The van der Waals surface area contributed by atoms with Crippen molar-refractivity contribution in [2.75, 3.05) is 6.54 Å². The molecule has 0 aromatic rings. The molecule has 0 bridgehead atoms. The molecule has 0 aromatic carbocycles. The lowest BCUT2D eigenvalue weighted by Crippen LogP contribution is -2.40. The van der Waals surface area contributed by atoms with E-state index in [0.29, 0.717) is 13.0 Å². The summed E-state index contributed by atoms with van der Waals surface area (Å²) in [5.41, 5.74) is 0.